The lowest BCUT2D eigenvalue weighted by atomic mass is 10.1. The molecule has 1 amide bonds. The van der Waals surface area contributed by atoms with Gasteiger partial charge in [-0.3, -0.25) is 14.5 Å². The number of carbonyl (C=O) groups is 1. The fourth-order valence-corrected chi connectivity index (χ4v) is 4.98. The number of anilines is 1. The van der Waals surface area contributed by atoms with Crippen LogP contribution in [0, 0.1) is 0 Å². The number of nitrogens with one attached hydrogen (secondary N) is 1. The molecule has 42 heavy (non-hydrogen) atoms. The molecule has 2 unspecified atom stereocenters. The highest BCUT2D eigenvalue weighted by molar-refractivity contribution is 5.78. The summed E-state index contributed by atoms with van der Waals surface area (Å²) in [6.07, 6.45) is -8.28. The Balaban J connectivity index is 1.28. The van der Waals surface area contributed by atoms with Gasteiger partial charge in [0.2, 0.25) is 11.9 Å². The summed E-state index contributed by atoms with van der Waals surface area (Å²) in [6.45, 7) is 1.08. The Morgan fingerprint density at radius 3 is 2.26 bits per heavy atom. The van der Waals surface area contributed by atoms with Crippen LogP contribution in [0.3, 0.4) is 0 Å². The van der Waals surface area contributed by atoms with E-state index in [0.717, 1.165) is 0 Å². The van der Waals surface area contributed by atoms with Crippen LogP contribution in [-0.2, 0) is 17.1 Å². The molecule has 2 fully saturated rings. The third kappa shape index (κ3) is 6.64. The molecule has 3 aromatic rings. The molecule has 0 radical (unpaired) electrons. The second kappa shape index (κ2) is 11.6. The number of benzene rings is 1. The molecular weight excluding hydrogens is 572 g/mol. The van der Waals surface area contributed by atoms with E-state index in [4.69, 9.17) is 4.74 Å². The van der Waals surface area contributed by atoms with Crippen molar-refractivity contribution in [2.45, 2.75) is 30.9 Å². The van der Waals surface area contributed by atoms with Gasteiger partial charge in [0.05, 0.1) is 23.8 Å². The summed E-state index contributed by atoms with van der Waals surface area (Å²) in [5.74, 6) is 0.371. The maximum atomic E-state index is 13.4. The maximum absolute atomic E-state index is 13.4. The first-order valence-corrected chi connectivity index (χ1v) is 12.9. The van der Waals surface area contributed by atoms with E-state index >= 15 is 0 Å². The number of halogens is 6. The van der Waals surface area contributed by atoms with Crippen LogP contribution in [0.25, 0.3) is 0 Å². The zero-order valence-corrected chi connectivity index (χ0v) is 21.9. The minimum Gasteiger partial charge on any atom is -0.489 e. The average Bonchev–Trinajstić information content (AvgIpc) is 3.34. The minimum atomic E-state index is -4.89. The van der Waals surface area contributed by atoms with Gasteiger partial charge >= 0.3 is 12.4 Å². The molecule has 16 heteroatoms. The number of hydrogen-bond donors (Lipinski definition) is 1. The first-order chi connectivity index (χ1) is 19.9. The van der Waals surface area contributed by atoms with Crippen LogP contribution in [0.2, 0.25) is 0 Å². The minimum absolute atomic E-state index is 0.0434. The molecule has 10 nitrogen and oxygen atoms in total. The molecule has 5 rings (SSSR count). The Morgan fingerprint density at radius 2 is 1.64 bits per heavy atom. The molecule has 224 valence electrons. The van der Waals surface area contributed by atoms with Gasteiger partial charge in [-0.05, 0) is 18.2 Å². The van der Waals surface area contributed by atoms with Crippen LogP contribution in [0.1, 0.15) is 29.3 Å². The van der Waals surface area contributed by atoms with Gasteiger partial charge in [-0.25, -0.2) is 15.1 Å². The molecular formula is C26H25F6N7O3. The van der Waals surface area contributed by atoms with Gasteiger partial charge in [0.1, 0.15) is 17.4 Å². The van der Waals surface area contributed by atoms with Crippen molar-refractivity contribution >= 4 is 11.9 Å². The molecule has 2 saturated heterocycles. The van der Waals surface area contributed by atoms with Crippen molar-refractivity contribution in [1.29, 1.82) is 0 Å². The smallest absolute Gasteiger partial charge is 0.421 e. The van der Waals surface area contributed by atoms with Crippen molar-refractivity contribution in [2.75, 3.05) is 44.2 Å². The lowest BCUT2D eigenvalue weighted by Crippen LogP contribution is -2.51. The number of piperazine rings is 1. The molecule has 2 aromatic heterocycles. The zero-order chi connectivity index (χ0) is 30.1. The van der Waals surface area contributed by atoms with Crippen molar-refractivity contribution < 1.29 is 35.9 Å². The molecule has 1 aromatic carbocycles. The number of amides is 1. The molecule has 1 N–H and O–H groups in total. The van der Waals surface area contributed by atoms with E-state index in [0.29, 0.717) is 24.2 Å². The number of likely N-dealkylation sites (tertiary alicyclic amines) is 1. The number of nitrogens with zero attached hydrogens (tertiary/aromatic N) is 6. The second-order valence-corrected chi connectivity index (χ2v) is 9.90. The highest BCUT2D eigenvalue weighted by atomic mass is 19.4. The van der Waals surface area contributed by atoms with Crippen LogP contribution < -0.4 is 15.2 Å². The summed E-state index contributed by atoms with van der Waals surface area (Å²) in [5.41, 5.74) is -3.75. The van der Waals surface area contributed by atoms with Gasteiger partial charge in [0.15, 0.2) is 0 Å². The Bertz CT molecular complexity index is 1440. The van der Waals surface area contributed by atoms with E-state index in [1.54, 1.807) is 39.0 Å². The number of aromatic amines is 1. The van der Waals surface area contributed by atoms with Crippen molar-refractivity contribution in [3.8, 4) is 5.75 Å². The summed E-state index contributed by atoms with van der Waals surface area (Å²) < 4.78 is 84.8. The lowest BCUT2D eigenvalue weighted by Gasteiger charge is -2.36. The highest BCUT2D eigenvalue weighted by Gasteiger charge is 2.40. The van der Waals surface area contributed by atoms with Crippen molar-refractivity contribution in [3.63, 3.8) is 0 Å². The predicted octanol–water partition coefficient (Wildman–Crippen LogP) is 3.14. The monoisotopic (exact) mass is 597 g/mol. The van der Waals surface area contributed by atoms with Gasteiger partial charge in [-0.2, -0.15) is 31.4 Å². The van der Waals surface area contributed by atoms with Crippen LogP contribution in [0.5, 0.6) is 5.75 Å². The van der Waals surface area contributed by atoms with E-state index in [9.17, 15) is 35.9 Å². The Kier molecular flexibility index (Phi) is 8.08. The van der Waals surface area contributed by atoms with Gasteiger partial charge < -0.3 is 14.5 Å². The van der Waals surface area contributed by atoms with Gasteiger partial charge in [0, 0.05) is 51.5 Å². The second-order valence-electron chi connectivity index (χ2n) is 9.90. The number of hydrogen-bond acceptors (Lipinski definition) is 8. The van der Waals surface area contributed by atoms with Gasteiger partial charge in [-0.15, -0.1) is 0 Å². The SMILES string of the molecule is O=C(CN1CC(Oc2ccccc2)CC1c1cc(C(F)(F)F)c(=O)[nH]n1)N1CCN(c2ncc(C(F)(F)F)cn2)CC1. The molecule has 0 bridgehead atoms. The zero-order valence-electron chi connectivity index (χ0n) is 21.9. The largest absolute Gasteiger partial charge is 0.489 e. The van der Waals surface area contributed by atoms with E-state index in [1.165, 1.54) is 0 Å². The summed E-state index contributed by atoms with van der Waals surface area (Å²) in [4.78, 5) is 37.6. The van der Waals surface area contributed by atoms with Gasteiger partial charge in [0.25, 0.3) is 5.56 Å². The molecule has 4 heterocycles. The Hall–Kier alpha value is -4.21. The summed E-state index contributed by atoms with van der Waals surface area (Å²) in [6, 6.07) is 8.79. The van der Waals surface area contributed by atoms with Crippen molar-refractivity contribution in [3.05, 3.63) is 76.0 Å². The number of aromatic nitrogens is 4. The summed E-state index contributed by atoms with van der Waals surface area (Å²) >= 11 is 0. The number of carbonyl (C=O) groups excluding carboxylic acids is 1. The molecule has 0 aliphatic carbocycles. The lowest BCUT2D eigenvalue weighted by molar-refractivity contribution is -0.139. The normalized spacial score (nSPS) is 20.1. The van der Waals surface area contributed by atoms with Crippen LogP contribution in [0.4, 0.5) is 32.3 Å². The predicted molar refractivity (Wildman–Crippen MR) is 135 cm³/mol. The van der Waals surface area contributed by atoms with E-state index in [2.05, 4.69) is 15.1 Å². The first-order valence-electron chi connectivity index (χ1n) is 12.9. The third-order valence-electron chi connectivity index (χ3n) is 7.10. The number of para-hydroxylation sites is 1. The van der Waals surface area contributed by atoms with Crippen LogP contribution in [0.15, 0.2) is 53.6 Å². The summed E-state index contributed by atoms with van der Waals surface area (Å²) in [7, 11) is 0. The van der Waals surface area contributed by atoms with E-state index < -0.39 is 41.2 Å². The number of alkyl halides is 6. The number of H-pyrrole nitrogens is 1. The molecule has 0 saturated carbocycles. The number of rotatable bonds is 6. The summed E-state index contributed by atoms with van der Waals surface area (Å²) in [5, 5.41) is 5.78. The molecule has 2 atom stereocenters. The van der Waals surface area contributed by atoms with Gasteiger partial charge in [-0.1, -0.05) is 18.2 Å². The molecule has 2 aliphatic heterocycles. The third-order valence-corrected chi connectivity index (χ3v) is 7.10. The van der Waals surface area contributed by atoms with Crippen LogP contribution >= 0.6 is 0 Å². The molecule has 2 aliphatic rings. The standard InChI is InChI=1S/C26H25F6N7O3/c27-25(28,29)16-12-33-24(34-13-16)38-8-6-37(7-9-38)22(40)15-39-14-18(42-17-4-2-1-3-5-17)10-21(39)20-11-19(26(30,31)32)23(41)36-35-20/h1-5,11-13,18,21H,6-10,14-15H2,(H,36,41). The van der Waals surface area contributed by atoms with Crippen molar-refractivity contribution in [1.82, 2.24) is 30.0 Å². The first kappa shape index (κ1) is 29.3. The number of ether oxygens (including phenoxy) is 1. The van der Waals surface area contributed by atoms with E-state index in [-0.39, 0.29) is 63.2 Å². The van der Waals surface area contributed by atoms with E-state index in [1.807, 2.05) is 11.2 Å². The Morgan fingerprint density at radius 1 is 0.976 bits per heavy atom. The molecule has 0 spiro atoms. The fraction of sp³-hybridized carbons (Fsp3) is 0.423. The van der Waals surface area contributed by atoms with Crippen molar-refractivity contribution in [2.24, 2.45) is 0 Å². The fourth-order valence-electron chi connectivity index (χ4n) is 4.98. The maximum Gasteiger partial charge on any atom is 0.421 e. The Labute approximate surface area is 234 Å². The average molecular weight is 598 g/mol. The van der Waals surface area contributed by atoms with Crippen LogP contribution in [-0.4, -0.2) is 81.2 Å². The highest BCUT2D eigenvalue weighted by Crippen LogP contribution is 2.35. The topological polar surface area (TPSA) is 108 Å². The quantitative estimate of drug-likeness (QED) is 0.432.